The third kappa shape index (κ3) is 10.4. The molecule has 0 aliphatic carbocycles. The van der Waals surface area contributed by atoms with E-state index in [4.69, 9.17) is 9.47 Å². The van der Waals surface area contributed by atoms with Crippen LogP contribution in [-0.2, 0) is 22.2 Å². The molecule has 2 aliphatic rings. The number of sulfone groups is 1. The van der Waals surface area contributed by atoms with E-state index in [9.17, 15) is 34.8 Å². The number of hydrogen-bond acceptors (Lipinski definition) is 11. The third-order valence-electron chi connectivity index (χ3n) is 8.35. The van der Waals surface area contributed by atoms with E-state index in [1.54, 1.807) is 12.1 Å². The molecule has 18 heteroatoms. The van der Waals surface area contributed by atoms with E-state index >= 15 is 0 Å². The summed E-state index contributed by atoms with van der Waals surface area (Å²) in [5.74, 6) is 1.04. The normalized spacial score (nSPS) is 16.2. The Labute approximate surface area is 301 Å². The molecule has 10 nitrogen and oxygen atoms in total. The summed E-state index contributed by atoms with van der Waals surface area (Å²) < 4.78 is 112. The van der Waals surface area contributed by atoms with Crippen LogP contribution < -0.4 is 19.3 Å². The van der Waals surface area contributed by atoms with E-state index < -0.39 is 33.3 Å². The van der Waals surface area contributed by atoms with E-state index in [-0.39, 0.29) is 28.7 Å². The SMILES string of the molecule is CS(=O)(=O)c1ccc(N2CCC(Oc3ccccc3C(F)(F)F)CC2)nn1.CSc1ccc(N2CCC(Oc3ccccc3C(F)(F)F)CC2)nn1. The topological polar surface area (TPSA) is 111 Å². The summed E-state index contributed by atoms with van der Waals surface area (Å²) in [5, 5.41) is 16.7. The van der Waals surface area contributed by atoms with Crippen molar-refractivity contribution in [2.24, 2.45) is 0 Å². The van der Waals surface area contributed by atoms with Gasteiger partial charge in [0.25, 0.3) is 0 Å². The Balaban J connectivity index is 0.000000202. The van der Waals surface area contributed by atoms with Crippen molar-refractivity contribution in [3.8, 4) is 11.5 Å². The van der Waals surface area contributed by atoms with Crippen LogP contribution in [0.1, 0.15) is 36.8 Å². The Hall–Kier alpha value is -4.32. The van der Waals surface area contributed by atoms with E-state index in [0.717, 1.165) is 29.2 Å². The van der Waals surface area contributed by atoms with Gasteiger partial charge in [-0.25, -0.2) is 8.42 Å². The number of para-hydroxylation sites is 2. The minimum absolute atomic E-state index is 0.0995. The molecule has 0 radical (unpaired) electrons. The Morgan fingerprint density at radius 3 is 1.40 bits per heavy atom. The molecule has 52 heavy (non-hydrogen) atoms. The van der Waals surface area contributed by atoms with Gasteiger partial charge in [-0.3, -0.25) is 0 Å². The number of benzene rings is 2. The first kappa shape index (κ1) is 38.9. The molecule has 4 heterocycles. The highest BCUT2D eigenvalue weighted by Crippen LogP contribution is 2.38. The van der Waals surface area contributed by atoms with Gasteiger partial charge in [-0.2, -0.15) is 26.3 Å². The maximum atomic E-state index is 13.1. The second-order valence-corrected chi connectivity index (χ2v) is 14.8. The fraction of sp³-hybridized carbons (Fsp3) is 0.412. The second-order valence-electron chi connectivity index (χ2n) is 12.0. The quantitative estimate of drug-likeness (QED) is 0.134. The van der Waals surface area contributed by atoms with Crippen LogP contribution in [0.25, 0.3) is 0 Å². The molecular weight excluding hydrogens is 735 g/mol. The molecule has 0 atom stereocenters. The van der Waals surface area contributed by atoms with Crippen molar-refractivity contribution in [1.29, 1.82) is 0 Å². The number of hydrogen-bond donors (Lipinski definition) is 0. The Morgan fingerprint density at radius 2 is 1.06 bits per heavy atom. The van der Waals surface area contributed by atoms with Gasteiger partial charge in [0.05, 0.1) is 11.1 Å². The summed E-state index contributed by atoms with van der Waals surface area (Å²) in [5.41, 5.74) is -1.51. The van der Waals surface area contributed by atoms with Gasteiger partial charge in [0, 0.05) is 58.1 Å². The molecule has 4 aromatic rings. The summed E-state index contributed by atoms with van der Waals surface area (Å²) in [7, 11) is -3.41. The molecule has 0 unspecified atom stereocenters. The summed E-state index contributed by atoms with van der Waals surface area (Å²) >= 11 is 1.53. The number of thioether (sulfide) groups is 1. The molecule has 2 saturated heterocycles. The Bertz CT molecular complexity index is 1870. The lowest BCUT2D eigenvalue weighted by molar-refractivity contribution is -0.140. The molecule has 2 aromatic heterocycles. The van der Waals surface area contributed by atoms with Gasteiger partial charge in [0.1, 0.15) is 28.7 Å². The number of rotatable bonds is 8. The largest absolute Gasteiger partial charge is 0.490 e. The second kappa shape index (κ2) is 16.6. The van der Waals surface area contributed by atoms with Crippen molar-refractivity contribution in [3.05, 3.63) is 83.9 Å². The maximum absolute atomic E-state index is 13.1. The number of alkyl halides is 6. The number of halogens is 6. The minimum atomic E-state index is -4.46. The van der Waals surface area contributed by atoms with Crippen molar-refractivity contribution < 1.29 is 44.2 Å². The molecular formula is C34H36F6N6O4S2. The first-order valence-corrected chi connectivity index (χ1v) is 19.3. The van der Waals surface area contributed by atoms with Gasteiger partial charge < -0.3 is 19.3 Å². The molecule has 0 N–H and O–H groups in total. The Kier molecular flexibility index (Phi) is 12.4. The van der Waals surface area contributed by atoms with E-state index in [1.807, 2.05) is 23.3 Å². The van der Waals surface area contributed by atoms with Crippen LogP contribution in [0.4, 0.5) is 38.0 Å². The lowest BCUT2D eigenvalue weighted by Crippen LogP contribution is -2.39. The number of nitrogens with zero attached hydrogens (tertiary/aromatic N) is 6. The van der Waals surface area contributed by atoms with Crippen LogP contribution in [0.2, 0.25) is 0 Å². The van der Waals surface area contributed by atoms with Gasteiger partial charge in [-0.1, -0.05) is 24.3 Å². The van der Waals surface area contributed by atoms with E-state index in [2.05, 4.69) is 25.3 Å². The van der Waals surface area contributed by atoms with Crippen molar-refractivity contribution in [2.45, 2.75) is 60.3 Å². The molecule has 280 valence electrons. The predicted octanol–water partition coefficient (Wildman–Crippen LogP) is 7.21. The van der Waals surface area contributed by atoms with Crippen LogP contribution >= 0.6 is 11.8 Å². The number of anilines is 2. The zero-order valence-electron chi connectivity index (χ0n) is 28.1. The monoisotopic (exact) mass is 770 g/mol. The molecule has 0 bridgehead atoms. The summed E-state index contributed by atoms with van der Waals surface area (Å²) in [4.78, 5) is 3.97. The molecule has 0 amide bonds. The number of piperidine rings is 2. The zero-order chi connectivity index (χ0) is 37.5. The van der Waals surface area contributed by atoms with Crippen molar-refractivity contribution >= 4 is 33.2 Å². The maximum Gasteiger partial charge on any atom is 0.419 e. The number of ether oxygens (including phenoxy) is 2. The van der Waals surface area contributed by atoms with Crippen LogP contribution in [0.15, 0.2) is 82.8 Å². The highest BCUT2D eigenvalue weighted by molar-refractivity contribution is 7.98. The fourth-order valence-corrected chi connectivity index (χ4v) is 6.47. The molecule has 6 rings (SSSR count). The summed E-state index contributed by atoms with van der Waals surface area (Å²) in [6.07, 6.45) is -4.16. The average molecular weight is 771 g/mol. The molecule has 0 saturated carbocycles. The Morgan fingerprint density at radius 1 is 0.635 bits per heavy atom. The van der Waals surface area contributed by atoms with E-state index in [1.165, 1.54) is 48.2 Å². The van der Waals surface area contributed by atoms with Crippen molar-refractivity contribution in [1.82, 2.24) is 20.4 Å². The first-order chi connectivity index (χ1) is 24.6. The standard InChI is InChI=1S/C17H18F3N3O3S.C17H18F3N3OS/c1-27(24,25)16-7-6-15(21-22-16)23-10-8-12(9-11-23)26-14-5-3-2-4-13(14)17(18,19)20;1-25-16-7-6-15(21-22-16)23-10-8-12(9-11-23)24-14-5-3-2-4-13(14)17(18,19)20/h2-7,12H,8-11H2,1H3;2-7,12H,8-11H2,1H3. The zero-order valence-corrected chi connectivity index (χ0v) is 29.8. The van der Waals surface area contributed by atoms with Crippen LogP contribution in [0.3, 0.4) is 0 Å². The predicted molar refractivity (Wildman–Crippen MR) is 184 cm³/mol. The fourth-order valence-electron chi connectivity index (χ4n) is 5.64. The average Bonchev–Trinajstić information content (AvgIpc) is 3.12. The third-order valence-corrected chi connectivity index (χ3v) is 9.96. The summed E-state index contributed by atoms with van der Waals surface area (Å²) in [6, 6.07) is 17.3. The first-order valence-electron chi connectivity index (χ1n) is 16.2. The molecule has 0 spiro atoms. The molecule has 2 aromatic carbocycles. The summed E-state index contributed by atoms with van der Waals surface area (Å²) in [6.45, 7) is 2.38. The van der Waals surface area contributed by atoms with Gasteiger partial charge in [0.15, 0.2) is 26.5 Å². The molecule has 2 aliphatic heterocycles. The van der Waals surface area contributed by atoms with Gasteiger partial charge in [0.2, 0.25) is 0 Å². The minimum Gasteiger partial charge on any atom is -0.490 e. The smallest absolute Gasteiger partial charge is 0.419 e. The van der Waals surface area contributed by atoms with Crippen LogP contribution in [0.5, 0.6) is 11.5 Å². The van der Waals surface area contributed by atoms with E-state index in [0.29, 0.717) is 57.7 Å². The van der Waals surface area contributed by atoms with Gasteiger partial charge >= 0.3 is 12.4 Å². The van der Waals surface area contributed by atoms with Crippen molar-refractivity contribution in [2.75, 3.05) is 48.5 Å². The van der Waals surface area contributed by atoms with Crippen LogP contribution in [-0.4, -0.2) is 79.7 Å². The van der Waals surface area contributed by atoms with Gasteiger partial charge in [-0.15, -0.1) is 32.2 Å². The lowest BCUT2D eigenvalue weighted by Gasteiger charge is -2.33. The highest BCUT2D eigenvalue weighted by atomic mass is 32.2. The number of aromatic nitrogens is 4. The lowest BCUT2D eigenvalue weighted by atomic mass is 10.1. The van der Waals surface area contributed by atoms with Crippen LogP contribution in [0, 0.1) is 0 Å². The van der Waals surface area contributed by atoms with Crippen molar-refractivity contribution in [3.63, 3.8) is 0 Å². The van der Waals surface area contributed by atoms with Gasteiger partial charge in [-0.05, 0) is 54.8 Å². The molecule has 2 fully saturated rings. The highest BCUT2D eigenvalue weighted by Gasteiger charge is 2.36.